The van der Waals surface area contributed by atoms with Gasteiger partial charge in [-0.3, -0.25) is 0 Å². The third kappa shape index (κ3) is 3.29. The molecule has 0 heterocycles. The summed E-state index contributed by atoms with van der Waals surface area (Å²) < 4.78 is 37.7. The lowest BCUT2D eigenvalue weighted by molar-refractivity contribution is -0.137. The first kappa shape index (κ1) is 13.9. The van der Waals surface area contributed by atoms with E-state index >= 15 is 0 Å². The Bertz CT molecular complexity index is 628. The van der Waals surface area contributed by atoms with Gasteiger partial charge in [-0.05, 0) is 23.8 Å². The molecule has 20 heavy (non-hydrogen) atoms. The van der Waals surface area contributed by atoms with Gasteiger partial charge in [-0.1, -0.05) is 30.3 Å². The molecule has 2 aromatic carbocycles. The molecule has 0 saturated carbocycles. The van der Waals surface area contributed by atoms with Gasteiger partial charge in [-0.15, -0.1) is 0 Å². The van der Waals surface area contributed by atoms with E-state index in [1.165, 1.54) is 6.07 Å². The van der Waals surface area contributed by atoms with E-state index in [-0.39, 0.29) is 5.56 Å². The number of hydrogen-bond donors (Lipinski definition) is 1. The average Bonchev–Trinajstić information content (AvgIpc) is 2.45. The Morgan fingerprint density at radius 1 is 1.05 bits per heavy atom. The van der Waals surface area contributed by atoms with Crippen LogP contribution in [0.25, 0.3) is 0 Å². The molecular weight excluding hydrogens is 265 g/mol. The summed E-state index contributed by atoms with van der Waals surface area (Å²) in [6.45, 7) is 0.445. The zero-order chi connectivity index (χ0) is 14.6. The number of hydrogen-bond acceptors (Lipinski definition) is 2. The smallest absolute Gasteiger partial charge is 0.380 e. The van der Waals surface area contributed by atoms with Crippen LogP contribution in [0.4, 0.5) is 18.9 Å². The SMILES string of the molecule is N#Cc1cc(C(F)(F)F)ccc1NCc1ccccc1. The second-order valence-corrected chi connectivity index (χ2v) is 4.21. The minimum Gasteiger partial charge on any atom is -0.380 e. The first-order chi connectivity index (χ1) is 9.50. The van der Waals surface area contributed by atoms with Crippen molar-refractivity contribution in [2.75, 3.05) is 5.32 Å². The van der Waals surface area contributed by atoms with Crippen LogP contribution in [0.5, 0.6) is 0 Å². The molecule has 0 aliphatic rings. The zero-order valence-electron chi connectivity index (χ0n) is 10.4. The first-order valence-electron chi connectivity index (χ1n) is 5.90. The van der Waals surface area contributed by atoms with Crippen LogP contribution in [-0.2, 0) is 12.7 Å². The Morgan fingerprint density at radius 3 is 2.35 bits per heavy atom. The van der Waals surface area contributed by atoms with Crippen molar-refractivity contribution < 1.29 is 13.2 Å². The highest BCUT2D eigenvalue weighted by molar-refractivity contribution is 5.59. The Labute approximate surface area is 114 Å². The van der Waals surface area contributed by atoms with Crippen LogP contribution < -0.4 is 5.32 Å². The van der Waals surface area contributed by atoms with Gasteiger partial charge in [0.05, 0.1) is 16.8 Å². The fourth-order valence-electron chi connectivity index (χ4n) is 1.76. The first-order valence-corrected chi connectivity index (χ1v) is 5.90. The molecule has 0 fully saturated rings. The number of halogens is 3. The topological polar surface area (TPSA) is 35.8 Å². The summed E-state index contributed by atoms with van der Waals surface area (Å²) in [4.78, 5) is 0. The van der Waals surface area contributed by atoms with E-state index in [4.69, 9.17) is 5.26 Å². The van der Waals surface area contributed by atoms with Gasteiger partial charge in [0, 0.05) is 6.54 Å². The molecular formula is C15H11F3N2. The van der Waals surface area contributed by atoms with Crippen molar-refractivity contribution in [1.82, 2.24) is 0 Å². The lowest BCUT2D eigenvalue weighted by Crippen LogP contribution is -2.07. The molecule has 0 atom stereocenters. The summed E-state index contributed by atoms with van der Waals surface area (Å²) in [7, 11) is 0. The molecule has 0 saturated heterocycles. The Kier molecular flexibility index (Phi) is 3.94. The van der Waals surface area contributed by atoms with Crippen molar-refractivity contribution >= 4 is 5.69 Å². The monoisotopic (exact) mass is 276 g/mol. The molecule has 0 bridgehead atoms. The molecule has 0 spiro atoms. The van der Waals surface area contributed by atoms with Crippen LogP contribution in [0, 0.1) is 11.3 Å². The molecule has 0 unspecified atom stereocenters. The minimum atomic E-state index is -4.44. The van der Waals surface area contributed by atoms with Crippen molar-refractivity contribution in [3.63, 3.8) is 0 Å². The van der Waals surface area contributed by atoms with Crippen LogP contribution in [0.2, 0.25) is 0 Å². The van der Waals surface area contributed by atoms with Gasteiger partial charge >= 0.3 is 6.18 Å². The van der Waals surface area contributed by atoms with Gasteiger partial charge in [0.25, 0.3) is 0 Å². The maximum atomic E-state index is 12.6. The summed E-state index contributed by atoms with van der Waals surface area (Å²) in [6, 6.07) is 14.3. The second-order valence-electron chi connectivity index (χ2n) is 4.21. The van der Waals surface area contributed by atoms with Gasteiger partial charge in [0.15, 0.2) is 0 Å². The van der Waals surface area contributed by atoms with Gasteiger partial charge in [-0.25, -0.2) is 0 Å². The van der Waals surface area contributed by atoms with E-state index in [1.807, 2.05) is 30.3 Å². The molecule has 2 aromatic rings. The molecule has 0 aliphatic carbocycles. The fraction of sp³-hybridized carbons (Fsp3) is 0.133. The standard InChI is InChI=1S/C15H11F3N2/c16-15(17,18)13-6-7-14(12(8-13)9-19)20-10-11-4-2-1-3-5-11/h1-8,20H,10H2. The van der Waals surface area contributed by atoms with Crippen molar-refractivity contribution in [3.05, 3.63) is 65.2 Å². The van der Waals surface area contributed by atoms with E-state index in [0.29, 0.717) is 12.2 Å². The third-order valence-corrected chi connectivity index (χ3v) is 2.79. The predicted molar refractivity (Wildman–Crippen MR) is 69.9 cm³/mol. The lowest BCUT2D eigenvalue weighted by atomic mass is 10.1. The van der Waals surface area contributed by atoms with Crippen LogP contribution in [-0.4, -0.2) is 0 Å². The molecule has 0 amide bonds. The van der Waals surface area contributed by atoms with Crippen LogP contribution in [0.15, 0.2) is 48.5 Å². The van der Waals surface area contributed by atoms with Crippen LogP contribution in [0.1, 0.15) is 16.7 Å². The van der Waals surface area contributed by atoms with Crippen molar-refractivity contribution in [1.29, 1.82) is 5.26 Å². The molecule has 1 N–H and O–H groups in total. The van der Waals surface area contributed by atoms with E-state index < -0.39 is 11.7 Å². The second kappa shape index (κ2) is 5.66. The average molecular weight is 276 g/mol. The summed E-state index contributed by atoms with van der Waals surface area (Å²) in [5, 5.41) is 11.9. The van der Waals surface area contributed by atoms with Gasteiger partial charge in [0.2, 0.25) is 0 Å². The number of rotatable bonds is 3. The highest BCUT2D eigenvalue weighted by Gasteiger charge is 2.31. The lowest BCUT2D eigenvalue weighted by Gasteiger charge is -2.11. The zero-order valence-corrected chi connectivity index (χ0v) is 10.4. The van der Waals surface area contributed by atoms with E-state index in [1.54, 1.807) is 6.07 Å². The largest absolute Gasteiger partial charge is 0.416 e. The number of benzene rings is 2. The highest BCUT2D eigenvalue weighted by atomic mass is 19.4. The van der Waals surface area contributed by atoms with Crippen molar-refractivity contribution in [2.24, 2.45) is 0 Å². The fourth-order valence-corrected chi connectivity index (χ4v) is 1.76. The Morgan fingerprint density at radius 2 is 1.75 bits per heavy atom. The van der Waals surface area contributed by atoms with Gasteiger partial charge < -0.3 is 5.32 Å². The predicted octanol–water partition coefficient (Wildman–Crippen LogP) is 4.19. The van der Waals surface area contributed by atoms with E-state index in [9.17, 15) is 13.2 Å². The maximum absolute atomic E-state index is 12.6. The Hall–Kier alpha value is -2.48. The maximum Gasteiger partial charge on any atom is 0.416 e. The molecule has 5 heteroatoms. The van der Waals surface area contributed by atoms with Gasteiger partial charge in [0.1, 0.15) is 6.07 Å². The number of nitrogens with one attached hydrogen (secondary N) is 1. The summed E-state index contributed by atoms with van der Waals surface area (Å²) >= 11 is 0. The molecule has 0 aliphatic heterocycles. The van der Waals surface area contributed by atoms with E-state index in [2.05, 4.69) is 5.32 Å². The molecule has 2 nitrogen and oxygen atoms in total. The molecule has 0 aromatic heterocycles. The molecule has 0 radical (unpaired) electrons. The number of nitriles is 1. The van der Waals surface area contributed by atoms with Crippen molar-refractivity contribution in [3.8, 4) is 6.07 Å². The van der Waals surface area contributed by atoms with E-state index in [0.717, 1.165) is 17.7 Å². The minimum absolute atomic E-state index is 0.0178. The number of alkyl halides is 3. The molecule has 102 valence electrons. The third-order valence-electron chi connectivity index (χ3n) is 2.79. The Balaban J connectivity index is 2.19. The number of anilines is 1. The summed E-state index contributed by atoms with van der Waals surface area (Å²) in [5.41, 5.74) is 0.538. The highest BCUT2D eigenvalue weighted by Crippen LogP contribution is 2.31. The molecule has 2 rings (SSSR count). The summed E-state index contributed by atoms with van der Waals surface area (Å²) in [5.74, 6) is 0. The number of nitrogens with zero attached hydrogens (tertiary/aromatic N) is 1. The van der Waals surface area contributed by atoms with Crippen LogP contribution >= 0.6 is 0 Å². The quantitative estimate of drug-likeness (QED) is 0.912. The normalized spacial score (nSPS) is 10.9. The van der Waals surface area contributed by atoms with Crippen molar-refractivity contribution in [2.45, 2.75) is 12.7 Å². The summed E-state index contributed by atoms with van der Waals surface area (Å²) in [6.07, 6.45) is -4.44. The van der Waals surface area contributed by atoms with Crippen LogP contribution in [0.3, 0.4) is 0 Å². The van der Waals surface area contributed by atoms with Gasteiger partial charge in [-0.2, -0.15) is 18.4 Å².